The van der Waals surface area contributed by atoms with E-state index in [0.29, 0.717) is 18.7 Å². The van der Waals surface area contributed by atoms with Crippen molar-refractivity contribution in [1.82, 2.24) is 14.5 Å². The van der Waals surface area contributed by atoms with Gasteiger partial charge in [-0.25, -0.2) is 8.42 Å². The van der Waals surface area contributed by atoms with Gasteiger partial charge in [0.05, 0.1) is 5.02 Å². The standard InChI is InChI=1S/C22H36ClN3O3S.ClH/c1-4-25(5-2)14-10-11-18(3)24-22(27)19-12-13-20(23)21(17-19)30(28,29)26-15-8-6-7-9-16-26;/h12-13,17-18H,4-11,14-16H2,1-3H3,(H,24,27);1H. The van der Waals surface area contributed by atoms with Crippen LogP contribution in [0.2, 0.25) is 5.02 Å². The molecule has 0 spiro atoms. The number of halogens is 2. The van der Waals surface area contributed by atoms with E-state index in [0.717, 1.165) is 58.2 Å². The van der Waals surface area contributed by atoms with Crippen LogP contribution in [0, 0.1) is 0 Å². The first-order valence-corrected chi connectivity index (χ1v) is 12.9. The molecule has 0 radical (unpaired) electrons. The molecule has 1 aliphatic heterocycles. The highest BCUT2D eigenvalue weighted by atomic mass is 35.5. The zero-order chi connectivity index (χ0) is 22.1. The van der Waals surface area contributed by atoms with Gasteiger partial charge in [-0.2, -0.15) is 4.31 Å². The van der Waals surface area contributed by atoms with Gasteiger partial charge in [-0.1, -0.05) is 38.3 Å². The fraction of sp³-hybridized carbons (Fsp3) is 0.682. The van der Waals surface area contributed by atoms with Crippen LogP contribution in [0.25, 0.3) is 0 Å². The van der Waals surface area contributed by atoms with E-state index in [1.165, 1.54) is 16.4 Å². The van der Waals surface area contributed by atoms with Gasteiger partial charge in [-0.05, 0) is 70.4 Å². The quantitative estimate of drug-likeness (QED) is 0.518. The van der Waals surface area contributed by atoms with Gasteiger partial charge in [0.25, 0.3) is 5.91 Å². The maximum absolute atomic E-state index is 13.1. The van der Waals surface area contributed by atoms with Gasteiger partial charge in [0.2, 0.25) is 10.0 Å². The average molecular weight is 495 g/mol. The summed E-state index contributed by atoms with van der Waals surface area (Å²) in [6.45, 7) is 10.3. The number of hydrogen-bond acceptors (Lipinski definition) is 4. The van der Waals surface area contributed by atoms with Crippen molar-refractivity contribution < 1.29 is 13.2 Å². The molecule has 1 aromatic rings. The maximum atomic E-state index is 13.1. The van der Waals surface area contributed by atoms with Gasteiger partial charge in [-0.15, -0.1) is 12.4 Å². The highest BCUT2D eigenvalue weighted by Crippen LogP contribution is 2.27. The molecule has 1 heterocycles. The van der Waals surface area contributed by atoms with E-state index in [1.807, 2.05) is 6.92 Å². The van der Waals surface area contributed by atoms with E-state index < -0.39 is 10.0 Å². The lowest BCUT2D eigenvalue weighted by molar-refractivity contribution is 0.0937. The van der Waals surface area contributed by atoms with Crippen LogP contribution in [0.3, 0.4) is 0 Å². The lowest BCUT2D eigenvalue weighted by Crippen LogP contribution is -2.34. The molecule has 1 aliphatic rings. The third kappa shape index (κ3) is 8.21. The molecule has 1 amide bonds. The van der Waals surface area contributed by atoms with Gasteiger partial charge in [0.15, 0.2) is 0 Å². The van der Waals surface area contributed by atoms with Gasteiger partial charge in [0.1, 0.15) is 4.90 Å². The second-order valence-corrected chi connectivity index (χ2v) is 10.3. The summed E-state index contributed by atoms with van der Waals surface area (Å²) in [7, 11) is -3.71. The molecule has 0 aliphatic carbocycles. The molecule has 6 nitrogen and oxygen atoms in total. The van der Waals surface area contributed by atoms with Crippen LogP contribution in [0.15, 0.2) is 23.1 Å². The molecular weight excluding hydrogens is 457 g/mol. The highest BCUT2D eigenvalue weighted by Gasteiger charge is 2.28. The molecule has 31 heavy (non-hydrogen) atoms. The first-order valence-electron chi connectivity index (χ1n) is 11.1. The molecule has 1 fully saturated rings. The predicted molar refractivity (Wildman–Crippen MR) is 130 cm³/mol. The largest absolute Gasteiger partial charge is 0.350 e. The van der Waals surface area contributed by atoms with Crippen molar-refractivity contribution in [2.45, 2.75) is 70.2 Å². The number of nitrogens with zero attached hydrogens (tertiary/aromatic N) is 2. The summed E-state index contributed by atoms with van der Waals surface area (Å²) in [5.41, 5.74) is 0.323. The molecule has 0 saturated carbocycles. The minimum Gasteiger partial charge on any atom is -0.350 e. The molecule has 9 heteroatoms. The van der Waals surface area contributed by atoms with Crippen molar-refractivity contribution in [3.8, 4) is 0 Å². The summed E-state index contributed by atoms with van der Waals surface area (Å²) in [6, 6.07) is 4.52. The third-order valence-corrected chi connectivity index (χ3v) is 8.14. The predicted octanol–water partition coefficient (Wildman–Crippen LogP) is 4.57. The van der Waals surface area contributed by atoms with E-state index in [2.05, 4.69) is 24.1 Å². The molecule has 1 aromatic carbocycles. The topological polar surface area (TPSA) is 69.7 Å². The number of sulfonamides is 1. The smallest absolute Gasteiger partial charge is 0.251 e. The lowest BCUT2D eigenvalue weighted by atomic mass is 10.1. The average Bonchev–Trinajstić information content (AvgIpc) is 3.01. The summed E-state index contributed by atoms with van der Waals surface area (Å²) in [5, 5.41) is 3.14. The molecule has 1 N–H and O–H groups in total. The van der Waals surface area contributed by atoms with Crippen LogP contribution in [-0.4, -0.2) is 62.3 Å². The third-order valence-electron chi connectivity index (χ3n) is 5.76. The summed E-state index contributed by atoms with van der Waals surface area (Å²) in [6.07, 6.45) is 5.64. The fourth-order valence-corrected chi connectivity index (χ4v) is 5.82. The van der Waals surface area contributed by atoms with Crippen LogP contribution >= 0.6 is 24.0 Å². The Morgan fingerprint density at radius 2 is 1.77 bits per heavy atom. The van der Waals surface area contributed by atoms with Crippen LogP contribution in [0.4, 0.5) is 0 Å². The van der Waals surface area contributed by atoms with Crippen LogP contribution < -0.4 is 5.32 Å². The number of nitrogens with one attached hydrogen (secondary N) is 1. The SMILES string of the molecule is CCN(CC)CCCC(C)NC(=O)c1ccc(Cl)c(S(=O)(=O)N2CCCCCC2)c1.Cl. The minimum absolute atomic E-state index is 0. The van der Waals surface area contributed by atoms with Crippen molar-refractivity contribution in [2.75, 3.05) is 32.7 Å². The fourth-order valence-electron chi connectivity index (χ4n) is 3.80. The summed E-state index contributed by atoms with van der Waals surface area (Å²) < 4.78 is 27.7. The van der Waals surface area contributed by atoms with Crippen LogP contribution in [0.1, 0.15) is 69.7 Å². The van der Waals surface area contributed by atoms with E-state index in [9.17, 15) is 13.2 Å². The number of rotatable bonds is 10. The molecule has 178 valence electrons. The van der Waals surface area contributed by atoms with Gasteiger partial charge >= 0.3 is 0 Å². The Balaban J connectivity index is 0.00000480. The van der Waals surface area contributed by atoms with E-state index >= 15 is 0 Å². The monoisotopic (exact) mass is 493 g/mol. The van der Waals surface area contributed by atoms with Gasteiger partial charge in [0, 0.05) is 24.7 Å². The number of carbonyl (C=O) groups excluding carboxylic acids is 1. The van der Waals surface area contributed by atoms with E-state index in [-0.39, 0.29) is 34.3 Å². The van der Waals surface area contributed by atoms with Crippen molar-refractivity contribution in [3.05, 3.63) is 28.8 Å². The molecule has 1 unspecified atom stereocenters. The molecule has 0 bridgehead atoms. The second-order valence-electron chi connectivity index (χ2n) is 8.01. The second kappa shape index (κ2) is 13.6. The Labute approximate surface area is 199 Å². The summed E-state index contributed by atoms with van der Waals surface area (Å²) in [5.74, 6) is -0.269. The molecule has 1 atom stereocenters. The van der Waals surface area contributed by atoms with Gasteiger partial charge < -0.3 is 10.2 Å². The molecule has 2 rings (SSSR count). The Hall–Kier alpha value is -0.860. The van der Waals surface area contributed by atoms with E-state index in [4.69, 9.17) is 11.6 Å². The first-order chi connectivity index (χ1) is 14.3. The Morgan fingerprint density at radius 1 is 1.16 bits per heavy atom. The lowest BCUT2D eigenvalue weighted by Gasteiger charge is -2.21. The van der Waals surface area contributed by atoms with Gasteiger partial charge in [-0.3, -0.25) is 4.79 Å². The number of benzene rings is 1. The van der Waals surface area contributed by atoms with Crippen molar-refractivity contribution in [2.24, 2.45) is 0 Å². The van der Waals surface area contributed by atoms with Crippen molar-refractivity contribution >= 4 is 39.9 Å². The minimum atomic E-state index is -3.71. The molecular formula is C22H37Cl2N3O3S. The number of amides is 1. The summed E-state index contributed by atoms with van der Waals surface area (Å²) >= 11 is 6.23. The number of hydrogen-bond donors (Lipinski definition) is 1. The van der Waals surface area contributed by atoms with Crippen molar-refractivity contribution in [1.29, 1.82) is 0 Å². The number of carbonyl (C=O) groups is 1. The zero-order valence-electron chi connectivity index (χ0n) is 18.9. The van der Waals surface area contributed by atoms with Crippen molar-refractivity contribution in [3.63, 3.8) is 0 Å². The van der Waals surface area contributed by atoms with Crippen LogP contribution in [-0.2, 0) is 10.0 Å². The Bertz CT molecular complexity index is 793. The Morgan fingerprint density at radius 3 is 2.35 bits per heavy atom. The zero-order valence-corrected chi connectivity index (χ0v) is 21.3. The molecule has 1 saturated heterocycles. The summed E-state index contributed by atoms with van der Waals surface area (Å²) in [4.78, 5) is 15.1. The Kier molecular flexibility index (Phi) is 12.4. The maximum Gasteiger partial charge on any atom is 0.251 e. The van der Waals surface area contributed by atoms with E-state index in [1.54, 1.807) is 6.07 Å². The highest BCUT2D eigenvalue weighted by molar-refractivity contribution is 7.89. The van der Waals surface area contributed by atoms with Crippen LogP contribution in [0.5, 0.6) is 0 Å². The first kappa shape index (κ1) is 28.2. The normalized spacial score (nSPS) is 16.4. The molecule has 0 aromatic heterocycles.